The first-order chi connectivity index (χ1) is 10.1. The van der Waals surface area contributed by atoms with E-state index in [0.29, 0.717) is 0 Å². The molecule has 1 saturated carbocycles. The largest absolute Gasteiger partial charge is 0.459 e. The zero-order chi connectivity index (χ0) is 16.3. The number of aliphatic hydroxyl groups is 1. The lowest BCUT2D eigenvalue weighted by molar-refractivity contribution is -0.188. The van der Waals surface area contributed by atoms with Crippen molar-refractivity contribution in [1.82, 2.24) is 0 Å². The van der Waals surface area contributed by atoms with Gasteiger partial charge in [0, 0.05) is 18.3 Å². The third kappa shape index (κ3) is 1.87. The van der Waals surface area contributed by atoms with Crippen molar-refractivity contribution in [1.29, 1.82) is 0 Å². The van der Waals surface area contributed by atoms with Gasteiger partial charge in [0.1, 0.15) is 18.3 Å². The SMILES string of the molecule is CC(=O)O[C@@H]1C=C2C(=O)OC[C@@]2(O)[C@@]2(C)CCCC(C)(C)C12. The third-order valence-corrected chi connectivity index (χ3v) is 6.03. The average molecular weight is 308 g/mol. The summed E-state index contributed by atoms with van der Waals surface area (Å²) in [6.07, 6.45) is 3.87. The molecule has 0 bridgehead atoms. The summed E-state index contributed by atoms with van der Waals surface area (Å²) >= 11 is 0. The summed E-state index contributed by atoms with van der Waals surface area (Å²) in [5, 5.41) is 11.3. The molecule has 4 atom stereocenters. The second-order valence-electron chi connectivity index (χ2n) is 7.83. The summed E-state index contributed by atoms with van der Waals surface area (Å²) in [7, 11) is 0. The molecule has 0 aromatic rings. The topological polar surface area (TPSA) is 72.8 Å². The predicted molar refractivity (Wildman–Crippen MR) is 78.8 cm³/mol. The van der Waals surface area contributed by atoms with Gasteiger partial charge < -0.3 is 14.6 Å². The van der Waals surface area contributed by atoms with E-state index in [2.05, 4.69) is 13.8 Å². The van der Waals surface area contributed by atoms with Gasteiger partial charge >= 0.3 is 11.9 Å². The summed E-state index contributed by atoms with van der Waals surface area (Å²) in [4.78, 5) is 23.6. The highest BCUT2D eigenvalue weighted by molar-refractivity contribution is 5.94. The van der Waals surface area contributed by atoms with Crippen molar-refractivity contribution in [2.45, 2.75) is 58.7 Å². The van der Waals surface area contributed by atoms with E-state index in [9.17, 15) is 14.7 Å². The Morgan fingerprint density at radius 1 is 1.36 bits per heavy atom. The second-order valence-corrected chi connectivity index (χ2v) is 7.83. The Morgan fingerprint density at radius 3 is 2.68 bits per heavy atom. The van der Waals surface area contributed by atoms with Crippen molar-refractivity contribution in [2.75, 3.05) is 6.61 Å². The third-order valence-electron chi connectivity index (χ3n) is 6.03. The van der Waals surface area contributed by atoms with Crippen molar-refractivity contribution in [3.05, 3.63) is 11.6 Å². The van der Waals surface area contributed by atoms with Crippen molar-refractivity contribution in [3.63, 3.8) is 0 Å². The smallest absolute Gasteiger partial charge is 0.337 e. The number of rotatable bonds is 1. The Balaban J connectivity index is 2.17. The number of hydrogen-bond donors (Lipinski definition) is 1. The van der Waals surface area contributed by atoms with Gasteiger partial charge in [0.25, 0.3) is 0 Å². The molecular formula is C17H24O5. The normalized spacial score (nSPS) is 42.8. The van der Waals surface area contributed by atoms with Crippen LogP contribution in [0.4, 0.5) is 0 Å². The van der Waals surface area contributed by atoms with Crippen LogP contribution in [0.15, 0.2) is 11.6 Å². The first-order valence-electron chi connectivity index (χ1n) is 7.91. The average Bonchev–Trinajstić information content (AvgIpc) is 2.66. The molecule has 1 saturated heterocycles. The Bertz CT molecular complexity index is 563. The lowest BCUT2D eigenvalue weighted by atomic mass is 9.46. The van der Waals surface area contributed by atoms with Gasteiger partial charge in [-0.2, -0.15) is 0 Å². The molecule has 1 unspecified atom stereocenters. The van der Waals surface area contributed by atoms with Crippen molar-refractivity contribution in [2.24, 2.45) is 16.7 Å². The van der Waals surface area contributed by atoms with Gasteiger partial charge in [-0.3, -0.25) is 4.79 Å². The van der Waals surface area contributed by atoms with E-state index in [-0.39, 0.29) is 29.5 Å². The molecule has 3 rings (SSSR count). The van der Waals surface area contributed by atoms with Crippen LogP contribution in [0.3, 0.4) is 0 Å². The van der Waals surface area contributed by atoms with Crippen LogP contribution in [0.25, 0.3) is 0 Å². The summed E-state index contributed by atoms with van der Waals surface area (Å²) in [6.45, 7) is 7.66. The molecule has 122 valence electrons. The molecule has 3 aliphatic rings. The van der Waals surface area contributed by atoms with Gasteiger partial charge in [-0.25, -0.2) is 4.79 Å². The van der Waals surface area contributed by atoms with Crippen LogP contribution in [0.5, 0.6) is 0 Å². The van der Waals surface area contributed by atoms with Crippen LogP contribution in [0, 0.1) is 16.7 Å². The standard InChI is InChI=1S/C17H24O5/c1-10(18)22-12-8-11-14(19)21-9-17(11,20)16(4)7-5-6-15(2,3)13(12)16/h8,12-13,20H,5-7,9H2,1-4H3/t12-,13?,16+,17+/m1/s1. The number of cyclic esters (lactones) is 1. The van der Waals surface area contributed by atoms with Crippen LogP contribution in [0.2, 0.25) is 0 Å². The van der Waals surface area contributed by atoms with Crippen LogP contribution < -0.4 is 0 Å². The molecule has 22 heavy (non-hydrogen) atoms. The molecule has 5 heteroatoms. The maximum absolute atomic E-state index is 12.0. The van der Waals surface area contributed by atoms with Gasteiger partial charge in [0.2, 0.25) is 0 Å². The Hall–Kier alpha value is -1.36. The number of fused-ring (bicyclic) bond motifs is 3. The first kappa shape index (κ1) is 15.5. The van der Waals surface area contributed by atoms with Gasteiger partial charge in [-0.15, -0.1) is 0 Å². The number of carbonyl (C=O) groups excluding carboxylic acids is 2. The van der Waals surface area contributed by atoms with E-state index in [4.69, 9.17) is 9.47 Å². The van der Waals surface area contributed by atoms with Gasteiger partial charge in [0.05, 0.1) is 5.57 Å². The van der Waals surface area contributed by atoms with Crippen molar-refractivity contribution >= 4 is 11.9 Å². The van der Waals surface area contributed by atoms with Gasteiger partial charge in [0.15, 0.2) is 0 Å². The number of ether oxygens (including phenoxy) is 2. The molecule has 2 aliphatic carbocycles. The van der Waals surface area contributed by atoms with Crippen LogP contribution in [-0.4, -0.2) is 35.4 Å². The molecule has 5 nitrogen and oxygen atoms in total. The molecule has 1 N–H and O–H groups in total. The Labute approximate surface area is 130 Å². The van der Waals surface area contributed by atoms with Gasteiger partial charge in [-0.05, 0) is 24.3 Å². The highest BCUT2D eigenvalue weighted by atomic mass is 16.6. The van der Waals surface area contributed by atoms with Crippen molar-refractivity contribution in [3.8, 4) is 0 Å². The predicted octanol–water partition coefficient (Wildman–Crippen LogP) is 1.98. The molecular weight excluding hydrogens is 284 g/mol. The fourth-order valence-electron chi connectivity index (χ4n) is 5.08. The van der Waals surface area contributed by atoms with Crippen LogP contribution >= 0.6 is 0 Å². The maximum atomic E-state index is 12.0. The van der Waals surface area contributed by atoms with E-state index >= 15 is 0 Å². The minimum absolute atomic E-state index is 0.00641. The summed E-state index contributed by atoms with van der Waals surface area (Å²) < 4.78 is 10.7. The molecule has 1 aliphatic heterocycles. The van der Waals surface area contributed by atoms with E-state index < -0.39 is 23.1 Å². The molecule has 0 aromatic carbocycles. The Kier molecular flexibility index (Phi) is 3.23. The fraction of sp³-hybridized carbons (Fsp3) is 0.765. The lowest BCUT2D eigenvalue weighted by Gasteiger charge is -2.59. The summed E-state index contributed by atoms with van der Waals surface area (Å²) in [5.74, 6) is -0.925. The first-order valence-corrected chi connectivity index (χ1v) is 7.91. The van der Waals surface area contributed by atoms with E-state index in [1.54, 1.807) is 6.08 Å². The summed E-state index contributed by atoms with van der Waals surface area (Å²) in [6, 6.07) is 0. The highest BCUT2D eigenvalue weighted by Crippen LogP contribution is 2.62. The minimum atomic E-state index is -1.29. The number of hydrogen-bond acceptors (Lipinski definition) is 5. The highest BCUT2D eigenvalue weighted by Gasteiger charge is 2.67. The monoisotopic (exact) mass is 308 g/mol. The zero-order valence-electron chi connectivity index (χ0n) is 13.6. The molecule has 0 radical (unpaired) electrons. The molecule has 0 aromatic heterocycles. The fourth-order valence-corrected chi connectivity index (χ4v) is 5.08. The minimum Gasteiger partial charge on any atom is -0.459 e. The number of carbonyl (C=O) groups is 2. The van der Waals surface area contributed by atoms with Gasteiger partial charge in [-0.1, -0.05) is 27.2 Å². The molecule has 0 amide bonds. The van der Waals surface area contributed by atoms with E-state index in [1.807, 2.05) is 6.92 Å². The second kappa shape index (κ2) is 4.57. The quantitative estimate of drug-likeness (QED) is 0.750. The molecule has 2 fully saturated rings. The van der Waals surface area contributed by atoms with E-state index in [0.717, 1.165) is 19.3 Å². The lowest BCUT2D eigenvalue weighted by Crippen LogP contribution is -2.63. The molecule has 0 spiro atoms. The summed E-state index contributed by atoms with van der Waals surface area (Å²) in [5.41, 5.74) is -1.68. The maximum Gasteiger partial charge on any atom is 0.337 e. The zero-order valence-corrected chi connectivity index (χ0v) is 13.6. The van der Waals surface area contributed by atoms with Crippen LogP contribution in [0.1, 0.15) is 47.0 Å². The number of esters is 2. The van der Waals surface area contributed by atoms with Crippen LogP contribution in [-0.2, 0) is 19.1 Å². The van der Waals surface area contributed by atoms with E-state index in [1.165, 1.54) is 6.92 Å². The Morgan fingerprint density at radius 2 is 2.05 bits per heavy atom. The van der Waals surface area contributed by atoms with Crippen molar-refractivity contribution < 1.29 is 24.2 Å². The molecule has 1 heterocycles.